The van der Waals surface area contributed by atoms with Crippen LogP contribution in [0.4, 0.5) is 0 Å². The molecule has 0 radical (unpaired) electrons. The first-order chi connectivity index (χ1) is 22.9. The lowest BCUT2D eigenvalue weighted by atomic mass is 9.85. The number of imide groups is 2. The van der Waals surface area contributed by atoms with Crippen LogP contribution in [0.1, 0.15) is 86.5 Å². The molecule has 47 heavy (non-hydrogen) atoms. The second-order valence-electron chi connectivity index (χ2n) is 12.2. The van der Waals surface area contributed by atoms with Crippen molar-refractivity contribution >= 4 is 34.4 Å². The van der Waals surface area contributed by atoms with E-state index in [4.69, 9.17) is 0 Å². The molecular formula is C39H34N4O4. The summed E-state index contributed by atoms with van der Waals surface area (Å²) < 4.78 is 0. The molecule has 0 aliphatic carbocycles. The zero-order valence-electron chi connectivity index (χ0n) is 26.4. The van der Waals surface area contributed by atoms with Gasteiger partial charge in [0.05, 0.1) is 17.9 Å². The number of pyridine rings is 2. The first-order valence-electron chi connectivity index (χ1n) is 16.2. The van der Waals surface area contributed by atoms with Gasteiger partial charge in [0.15, 0.2) is 0 Å². The Labute approximate surface area is 273 Å². The number of nitrogens with zero attached hydrogens (tertiary/aromatic N) is 4. The summed E-state index contributed by atoms with van der Waals surface area (Å²) in [4.78, 5) is 66.4. The maximum atomic E-state index is 13.8. The fourth-order valence-corrected chi connectivity index (χ4v) is 6.71. The van der Waals surface area contributed by atoms with Gasteiger partial charge in [-0.1, -0.05) is 63.4 Å². The third kappa shape index (κ3) is 5.29. The molecule has 0 spiro atoms. The maximum Gasteiger partial charge on any atom is 0.261 e. The number of amides is 4. The van der Waals surface area contributed by atoms with E-state index in [1.165, 1.54) is 9.80 Å². The number of carbonyl (C=O) groups is 4. The summed E-state index contributed by atoms with van der Waals surface area (Å²) in [7, 11) is 0. The monoisotopic (exact) mass is 622 g/mol. The molecule has 8 heteroatoms. The van der Waals surface area contributed by atoms with Crippen LogP contribution in [0, 0.1) is 5.92 Å². The molecule has 1 atom stereocenters. The number of unbranched alkanes of at least 4 members (excludes halogenated alkanes) is 1. The summed E-state index contributed by atoms with van der Waals surface area (Å²) in [6.45, 7) is 4.65. The molecule has 2 aromatic heterocycles. The standard InChI is InChI=1S/C39H34N4O4/c1-3-5-8-24(4-2)22-42-36(44)28-14-16-30-35-31(17-15-29(34(28)35)37(42)45)39(47)43(38(30)46)23-25-10-12-26(13-11-25)27-18-20-41-33(21-27)32-9-6-7-19-40-32/h6-7,9-21,24H,3-5,8,22-23H2,1-2H3. The topological polar surface area (TPSA) is 101 Å². The van der Waals surface area contributed by atoms with E-state index in [1.54, 1.807) is 36.7 Å². The first-order valence-corrected chi connectivity index (χ1v) is 16.2. The van der Waals surface area contributed by atoms with Gasteiger partial charge in [0, 0.05) is 52.0 Å². The molecule has 5 aromatic rings. The molecule has 3 aromatic carbocycles. The van der Waals surface area contributed by atoms with Crippen molar-refractivity contribution in [1.82, 2.24) is 19.8 Å². The van der Waals surface area contributed by atoms with Gasteiger partial charge in [0.2, 0.25) is 0 Å². The molecule has 0 saturated carbocycles. The Morgan fingerprint density at radius 2 is 1.21 bits per heavy atom. The molecule has 4 heterocycles. The van der Waals surface area contributed by atoms with Crippen LogP contribution in [0.2, 0.25) is 0 Å². The Morgan fingerprint density at radius 3 is 1.77 bits per heavy atom. The third-order valence-corrected chi connectivity index (χ3v) is 9.36. The van der Waals surface area contributed by atoms with Crippen molar-refractivity contribution in [2.24, 2.45) is 5.92 Å². The lowest BCUT2D eigenvalue weighted by molar-refractivity contribution is 0.0566. The van der Waals surface area contributed by atoms with Crippen molar-refractivity contribution in [3.05, 3.63) is 119 Å². The van der Waals surface area contributed by atoms with Gasteiger partial charge in [-0.2, -0.15) is 0 Å². The van der Waals surface area contributed by atoms with Gasteiger partial charge in [-0.25, -0.2) is 0 Å². The first kappa shape index (κ1) is 30.2. The molecule has 234 valence electrons. The molecule has 0 bridgehead atoms. The normalized spacial score (nSPS) is 14.7. The largest absolute Gasteiger partial charge is 0.274 e. The molecule has 0 saturated heterocycles. The van der Waals surface area contributed by atoms with Crippen LogP contribution >= 0.6 is 0 Å². The molecule has 8 nitrogen and oxygen atoms in total. The number of benzene rings is 3. The Morgan fingerprint density at radius 1 is 0.617 bits per heavy atom. The fourth-order valence-electron chi connectivity index (χ4n) is 6.71. The average Bonchev–Trinajstić information content (AvgIpc) is 3.12. The van der Waals surface area contributed by atoms with Gasteiger partial charge in [-0.3, -0.25) is 38.9 Å². The van der Waals surface area contributed by atoms with Crippen molar-refractivity contribution < 1.29 is 19.2 Å². The van der Waals surface area contributed by atoms with E-state index < -0.39 is 11.8 Å². The molecular weight excluding hydrogens is 588 g/mol. The Hall–Kier alpha value is -5.50. The van der Waals surface area contributed by atoms with Crippen LogP contribution in [0.25, 0.3) is 33.3 Å². The van der Waals surface area contributed by atoms with Crippen LogP contribution in [0.5, 0.6) is 0 Å². The van der Waals surface area contributed by atoms with Crippen molar-refractivity contribution in [3.8, 4) is 22.5 Å². The minimum absolute atomic E-state index is 0.0831. The van der Waals surface area contributed by atoms with E-state index in [0.29, 0.717) is 39.6 Å². The van der Waals surface area contributed by atoms with Gasteiger partial charge in [0.1, 0.15) is 0 Å². The van der Waals surface area contributed by atoms with Crippen molar-refractivity contribution in [1.29, 1.82) is 0 Å². The fraction of sp³-hybridized carbons (Fsp3) is 0.231. The average molecular weight is 623 g/mol. The zero-order valence-corrected chi connectivity index (χ0v) is 26.4. The molecule has 0 N–H and O–H groups in total. The number of carbonyl (C=O) groups excluding carboxylic acids is 4. The predicted molar refractivity (Wildman–Crippen MR) is 180 cm³/mol. The lowest BCUT2D eigenvalue weighted by Gasteiger charge is -2.33. The zero-order chi connectivity index (χ0) is 32.7. The summed E-state index contributed by atoms with van der Waals surface area (Å²) in [5.41, 5.74) is 5.63. The Balaban J connectivity index is 1.15. The SMILES string of the molecule is CCCCC(CC)CN1C(=O)c2ccc3c4c(ccc(c24)C1=O)C(=O)N(Cc1ccc(-c2ccnc(-c4ccccn4)c2)cc1)C3=O. The van der Waals surface area contributed by atoms with Gasteiger partial charge in [-0.05, 0) is 77.6 Å². The van der Waals surface area contributed by atoms with Crippen LogP contribution < -0.4 is 0 Å². The lowest BCUT2D eigenvalue weighted by Crippen LogP contribution is -2.44. The highest BCUT2D eigenvalue weighted by atomic mass is 16.2. The number of hydrogen-bond donors (Lipinski definition) is 0. The molecule has 0 fully saturated rings. The molecule has 2 aliphatic rings. The van der Waals surface area contributed by atoms with Gasteiger partial charge < -0.3 is 0 Å². The minimum atomic E-state index is -0.447. The van der Waals surface area contributed by atoms with E-state index in [1.807, 2.05) is 54.6 Å². The van der Waals surface area contributed by atoms with Crippen molar-refractivity contribution in [3.63, 3.8) is 0 Å². The highest BCUT2D eigenvalue weighted by Crippen LogP contribution is 2.38. The van der Waals surface area contributed by atoms with Crippen LogP contribution in [0.3, 0.4) is 0 Å². The summed E-state index contributed by atoms with van der Waals surface area (Å²) in [5.74, 6) is -1.42. The van der Waals surface area contributed by atoms with E-state index in [0.717, 1.165) is 53.8 Å². The van der Waals surface area contributed by atoms with Crippen LogP contribution in [-0.4, -0.2) is 49.9 Å². The summed E-state index contributed by atoms with van der Waals surface area (Å²) in [5, 5.41) is 0.795. The summed E-state index contributed by atoms with van der Waals surface area (Å²) in [6.07, 6.45) is 7.39. The third-order valence-electron chi connectivity index (χ3n) is 9.36. The van der Waals surface area contributed by atoms with Gasteiger partial charge in [-0.15, -0.1) is 0 Å². The summed E-state index contributed by atoms with van der Waals surface area (Å²) >= 11 is 0. The van der Waals surface area contributed by atoms with E-state index >= 15 is 0 Å². The van der Waals surface area contributed by atoms with Gasteiger partial charge >= 0.3 is 0 Å². The molecule has 2 aliphatic heterocycles. The number of hydrogen-bond acceptors (Lipinski definition) is 6. The van der Waals surface area contributed by atoms with E-state index in [-0.39, 0.29) is 24.3 Å². The Kier molecular flexibility index (Phi) is 7.93. The number of rotatable bonds is 10. The van der Waals surface area contributed by atoms with E-state index in [2.05, 4.69) is 23.8 Å². The van der Waals surface area contributed by atoms with Crippen LogP contribution in [-0.2, 0) is 6.54 Å². The highest BCUT2D eigenvalue weighted by molar-refractivity contribution is 6.33. The highest BCUT2D eigenvalue weighted by Gasteiger charge is 2.40. The second kappa shape index (κ2) is 12.4. The number of aromatic nitrogens is 2. The Bertz CT molecular complexity index is 1990. The molecule has 1 unspecified atom stereocenters. The van der Waals surface area contributed by atoms with Crippen molar-refractivity contribution in [2.75, 3.05) is 6.54 Å². The van der Waals surface area contributed by atoms with Crippen molar-refractivity contribution in [2.45, 2.75) is 46.1 Å². The summed E-state index contributed by atoms with van der Waals surface area (Å²) in [6, 6.07) is 23.8. The minimum Gasteiger partial charge on any atom is -0.274 e. The quantitative estimate of drug-likeness (QED) is 0.149. The van der Waals surface area contributed by atoms with Crippen LogP contribution in [0.15, 0.2) is 91.3 Å². The smallest absolute Gasteiger partial charge is 0.261 e. The maximum absolute atomic E-state index is 13.8. The van der Waals surface area contributed by atoms with E-state index in [9.17, 15) is 19.2 Å². The molecule has 7 rings (SSSR count). The van der Waals surface area contributed by atoms with Gasteiger partial charge in [0.25, 0.3) is 23.6 Å². The predicted octanol–water partition coefficient (Wildman–Crippen LogP) is 7.57. The second-order valence-corrected chi connectivity index (χ2v) is 12.2. The molecule has 4 amide bonds.